The Bertz CT molecular complexity index is 2940. The highest BCUT2D eigenvalue weighted by Gasteiger charge is 2.19. The van der Waals surface area contributed by atoms with Crippen molar-refractivity contribution in [3.05, 3.63) is 200 Å². The Kier molecular flexibility index (Phi) is 7.23. The van der Waals surface area contributed by atoms with E-state index in [0.717, 1.165) is 33.5 Å². The van der Waals surface area contributed by atoms with Crippen molar-refractivity contribution in [3.63, 3.8) is 0 Å². The predicted octanol–water partition coefficient (Wildman–Crippen LogP) is 13.6. The molecule has 0 amide bonds. The molecular formula is C51H32N2. The zero-order chi connectivity index (χ0) is 35.3. The summed E-state index contributed by atoms with van der Waals surface area (Å²) in [6, 6.07) is 71.5. The van der Waals surface area contributed by atoms with E-state index in [1.54, 1.807) is 0 Å². The molecule has 0 spiro atoms. The van der Waals surface area contributed by atoms with Crippen molar-refractivity contribution in [2.24, 2.45) is 0 Å². The van der Waals surface area contributed by atoms with Gasteiger partial charge in [0.25, 0.3) is 0 Å². The van der Waals surface area contributed by atoms with Crippen LogP contribution in [0.1, 0.15) is 5.56 Å². The number of hydrogen-bond acceptors (Lipinski definition) is 1. The maximum Gasteiger partial charge on any atom is 0.0991 e. The largest absolute Gasteiger partial charge is 0.309 e. The molecule has 0 fully saturated rings. The van der Waals surface area contributed by atoms with Crippen LogP contribution in [0.4, 0.5) is 0 Å². The van der Waals surface area contributed by atoms with Gasteiger partial charge in [0, 0.05) is 16.5 Å². The van der Waals surface area contributed by atoms with Gasteiger partial charge in [-0.2, -0.15) is 5.26 Å². The molecule has 246 valence electrons. The van der Waals surface area contributed by atoms with E-state index in [1.807, 2.05) is 12.1 Å². The van der Waals surface area contributed by atoms with E-state index >= 15 is 0 Å². The molecule has 2 nitrogen and oxygen atoms in total. The average molecular weight is 673 g/mol. The molecule has 0 radical (unpaired) electrons. The molecule has 0 bridgehead atoms. The second kappa shape index (κ2) is 12.5. The van der Waals surface area contributed by atoms with Crippen LogP contribution in [-0.2, 0) is 0 Å². The highest BCUT2D eigenvalue weighted by molar-refractivity contribution is 6.22. The quantitative estimate of drug-likeness (QED) is 0.167. The van der Waals surface area contributed by atoms with Crippen LogP contribution < -0.4 is 0 Å². The Balaban J connectivity index is 1.12. The van der Waals surface area contributed by atoms with Crippen molar-refractivity contribution in [1.29, 1.82) is 5.26 Å². The van der Waals surface area contributed by atoms with Crippen LogP contribution in [0.5, 0.6) is 0 Å². The van der Waals surface area contributed by atoms with Crippen LogP contribution in [0.3, 0.4) is 0 Å². The molecule has 0 N–H and O–H groups in total. The number of nitriles is 1. The zero-order valence-corrected chi connectivity index (χ0v) is 28.9. The van der Waals surface area contributed by atoms with Gasteiger partial charge in [0.15, 0.2) is 0 Å². The summed E-state index contributed by atoms with van der Waals surface area (Å²) in [4.78, 5) is 0. The number of hydrogen-bond donors (Lipinski definition) is 0. The van der Waals surface area contributed by atoms with Gasteiger partial charge in [-0.25, -0.2) is 0 Å². The van der Waals surface area contributed by atoms with E-state index in [0.29, 0.717) is 5.56 Å². The molecule has 0 aliphatic rings. The van der Waals surface area contributed by atoms with E-state index in [-0.39, 0.29) is 0 Å². The average Bonchev–Trinajstić information content (AvgIpc) is 3.57. The summed E-state index contributed by atoms with van der Waals surface area (Å²) in [7, 11) is 0. The highest BCUT2D eigenvalue weighted by atomic mass is 15.0. The predicted molar refractivity (Wildman–Crippen MR) is 222 cm³/mol. The summed E-state index contributed by atoms with van der Waals surface area (Å²) >= 11 is 0. The summed E-state index contributed by atoms with van der Waals surface area (Å²) in [6.45, 7) is 0. The topological polar surface area (TPSA) is 28.7 Å². The van der Waals surface area contributed by atoms with Gasteiger partial charge in [-0.1, -0.05) is 158 Å². The van der Waals surface area contributed by atoms with Gasteiger partial charge in [0.2, 0.25) is 0 Å². The summed E-state index contributed by atoms with van der Waals surface area (Å²) in [5.74, 6) is 0. The normalized spacial score (nSPS) is 11.4. The second-order valence-electron chi connectivity index (χ2n) is 13.6. The SMILES string of the molecule is N#Cc1ccc(-c2c3ccccc3c(-c3ccccc3)c3ccccc23)c(-c2ccc(-c3cccc(-n4c5ccccc5c5ccccc54)c3)cc2)c1. The van der Waals surface area contributed by atoms with E-state index in [9.17, 15) is 5.26 Å². The summed E-state index contributed by atoms with van der Waals surface area (Å²) in [5, 5.41) is 17.4. The standard InChI is InChI=1S/C51H32N2/c52-33-34-25-30-46(51-44-21-6-4-19-42(44)50(37-13-2-1-3-14-37)43-20-5-7-22-45(43)51)47(31-34)36-28-26-35(27-29-36)38-15-12-16-39(32-38)53-48-23-10-8-17-40(48)41-18-9-11-24-49(41)53/h1-32H. The van der Waals surface area contributed by atoms with E-state index in [2.05, 4.69) is 193 Å². The van der Waals surface area contributed by atoms with Gasteiger partial charge in [-0.3, -0.25) is 0 Å². The van der Waals surface area contributed by atoms with Crippen molar-refractivity contribution < 1.29 is 0 Å². The molecule has 10 rings (SSSR count). The van der Waals surface area contributed by atoms with Crippen molar-refractivity contribution in [1.82, 2.24) is 4.57 Å². The molecule has 0 saturated heterocycles. The Labute approximate surface area is 308 Å². The lowest BCUT2D eigenvalue weighted by atomic mass is 9.83. The number of nitrogens with zero attached hydrogens (tertiary/aromatic N) is 2. The molecule has 0 unspecified atom stereocenters. The minimum absolute atomic E-state index is 0.640. The number of fused-ring (bicyclic) bond motifs is 5. The lowest BCUT2D eigenvalue weighted by molar-refractivity contribution is 1.18. The summed E-state index contributed by atoms with van der Waals surface area (Å²) in [6.07, 6.45) is 0. The second-order valence-corrected chi connectivity index (χ2v) is 13.6. The van der Waals surface area contributed by atoms with Gasteiger partial charge in [0.1, 0.15) is 0 Å². The van der Waals surface area contributed by atoms with E-state index in [1.165, 1.54) is 60.0 Å². The molecule has 10 aromatic rings. The number of para-hydroxylation sites is 2. The molecule has 53 heavy (non-hydrogen) atoms. The van der Waals surface area contributed by atoms with Gasteiger partial charge >= 0.3 is 0 Å². The molecule has 0 atom stereocenters. The maximum atomic E-state index is 10.1. The Morgan fingerprint density at radius 2 is 0.849 bits per heavy atom. The van der Waals surface area contributed by atoms with Crippen LogP contribution in [-0.4, -0.2) is 4.57 Å². The number of benzene rings is 9. The third kappa shape index (κ3) is 5.02. The first kappa shape index (κ1) is 30.6. The number of rotatable bonds is 5. The first-order chi connectivity index (χ1) is 26.3. The molecule has 1 heterocycles. The third-order valence-electron chi connectivity index (χ3n) is 10.6. The van der Waals surface area contributed by atoms with E-state index < -0.39 is 0 Å². The summed E-state index contributed by atoms with van der Waals surface area (Å²) in [5.41, 5.74) is 13.3. The van der Waals surface area contributed by atoms with Gasteiger partial charge in [0.05, 0.1) is 22.7 Å². The van der Waals surface area contributed by atoms with Crippen molar-refractivity contribution >= 4 is 43.4 Å². The first-order valence-corrected chi connectivity index (χ1v) is 18.0. The zero-order valence-electron chi connectivity index (χ0n) is 28.9. The van der Waals surface area contributed by atoms with Gasteiger partial charge in [-0.05, 0) is 102 Å². The fourth-order valence-electron chi connectivity index (χ4n) is 8.27. The maximum absolute atomic E-state index is 10.1. The molecular weight excluding hydrogens is 641 g/mol. The Morgan fingerprint density at radius 1 is 0.340 bits per heavy atom. The van der Waals surface area contributed by atoms with Crippen LogP contribution in [0.2, 0.25) is 0 Å². The molecule has 9 aromatic carbocycles. The van der Waals surface area contributed by atoms with Crippen molar-refractivity contribution in [3.8, 4) is 56.3 Å². The Hall–Kier alpha value is -7.21. The minimum atomic E-state index is 0.640. The smallest absolute Gasteiger partial charge is 0.0991 e. The first-order valence-electron chi connectivity index (χ1n) is 18.0. The van der Waals surface area contributed by atoms with Gasteiger partial charge < -0.3 is 4.57 Å². The molecule has 2 heteroatoms. The van der Waals surface area contributed by atoms with Crippen LogP contribution in [0, 0.1) is 11.3 Å². The van der Waals surface area contributed by atoms with E-state index in [4.69, 9.17) is 0 Å². The fourth-order valence-corrected chi connectivity index (χ4v) is 8.27. The molecule has 1 aromatic heterocycles. The molecule has 0 saturated carbocycles. The summed E-state index contributed by atoms with van der Waals surface area (Å²) < 4.78 is 2.36. The van der Waals surface area contributed by atoms with Crippen molar-refractivity contribution in [2.45, 2.75) is 0 Å². The molecule has 0 aliphatic heterocycles. The fraction of sp³-hybridized carbons (Fsp3) is 0. The Morgan fingerprint density at radius 3 is 1.45 bits per heavy atom. The molecule has 0 aliphatic carbocycles. The van der Waals surface area contributed by atoms with Crippen molar-refractivity contribution in [2.75, 3.05) is 0 Å². The van der Waals surface area contributed by atoms with Gasteiger partial charge in [-0.15, -0.1) is 0 Å². The minimum Gasteiger partial charge on any atom is -0.309 e. The third-order valence-corrected chi connectivity index (χ3v) is 10.6. The lowest BCUT2D eigenvalue weighted by Gasteiger charge is -2.20. The monoisotopic (exact) mass is 672 g/mol. The van der Waals surface area contributed by atoms with Crippen LogP contribution >= 0.6 is 0 Å². The van der Waals surface area contributed by atoms with Crippen LogP contribution in [0.25, 0.3) is 93.5 Å². The lowest BCUT2D eigenvalue weighted by Crippen LogP contribution is -1.94. The highest BCUT2D eigenvalue weighted by Crippen LogP contribution is 2.46. The number of aromatic nitrogens is 1. The van der Waals surface area contributed by atoms with Crippen LogP contribution in [0.15, 0.2) is 194 Å².